The number of benzene rings is 4. The molecule has 0 aliphatic rings. The maximum absolute atomic E-state index is 2.26. The van der Waals surface area contributed by atoms with Gasteiger partial charge in [-0.1, -0.05) is 97.0 Å². The van der Waals surface area contributed by atoms with E-state index in [0.29, 0.717) is 0 Å². The van der Waals surface area contributed by atoms with Gasteiger partial charge in [-0.15, -0.1) is 81.2 Å². The van der Waals surface area contributed by atoms with E-state index >= 15 is 0 Å². The average Bonchev–Trinajstić information content (AvgIpc) is 3.54. The van der Waals surface area contributed by atoms with Crippen LogP contribution in [0.4, 0.5) is 0 Å². The average molecular weight is 590 g/mol. The van der Waals surface area contributed by atoms with Crippen LogP contribution in [0.2, 0.25) is 0 Å². The zero-order valence-corrected chi connectivity index (χ0v) is 26.6. The second kappa shape index (κ2) is 17.7. The van der Waals surface area contributed by atoms with E-state index in [1.165, 1.54) is 43.0 Å². The molecular formula is C36H38SiZr. The summed E-state index contributed by atoms with van der Waals surface area (Å²) in [7, 11) is 0.777. The fourth-order valence-corrected chi connectivity index (χ4v) is 5.10. The van der Waals surface area contributed by atoms with Crippen molar-refractivity contribution in [3.63, 3.8) is 0 Å². The van der Waals surface area contributed by atoms with E-state index in [-0.39, 0.29) is 41.1 Å². The van der Waals surface area contributed by atoms with Gasteiger partial charge in [-0.3, -0.25) is 0 Å². The Hall–Kier alpha value is -2.80. The third-order valence-electron chi connectivity index (χ3n) is 6.01. The second-order valence-corrected chi connectivity index (χ2v) is 9.95. The van der Waals surface area contributed by atoms with Crippen molar-refractivity contribution in [1.29, 1.82) is 0 Å². The second-order valence-electron chi connectivity index (χ2n) is 8.55. The molecular weight excluding hydrogens is 552 g/mol. The summed E-state index contributed by atoms with van der Waals surface area (Å²) in [6, 6.07) is 47.2. The maximum atomic E-state index is 2.26. The van der Waals surface area contributed by atoms with Crippen LogP contribution in [-0.2, 0) is 39.0 Å². The van der Waals surface area contributed by atoms with Gasteiger partial charge in [-0.25, -0.2) is 0 Å². The van der Waals surface area contributed by atoms with Gasteiger partial charge in [0.15, 0.2) is 0 Å². The van der Waals surface area contributed by atoms with Crippen molar-refractivity contribution in [2.24, 2.45) is 0 Å². The largest absolute Gasteiger partial charge is 4.00 e. The van der Waals surface area contributed by atoms with E-state index in [1.54, 1.807) is 0 Å². The molecule has 6 aromatic rings. The summed E-state index contributed by atoms with van der Waals surface area (Å²) in [5.41, 5.74) is 2.87. The summed E-state index contributed by atoms with van der Waals surface area (Å²) >= 11 is 0. The van der Waals surface area contributed by atoms with E-state index in [2.05, 4.69) is 147 Å². The van der Waals surface area contributed by atoms with Gasteiger partial charge < -0.3 is 14.9 Å². The third-order valence-corrected chi connectivity index (χ3v) is 7.25. The zero-order valence-electron chi connectivity index (χ0n) is 23.1. The van der Waals surface area contributed by atoms with Gasteiger partial charge in [-0.05, 0) is 12.8 Å². The van der Waals surface area contributed by atoms with Gasteiger partial charge >= 0.3 is 26.2 Å². The molecule has 0 saturated carbocycles. The van der Waals surface area contributed by atoms with E-state index in [0.717, 1.165) is 22.4 Å². The maximum Gasteiger partial charge on any atom is 4.00 e. The molecule has 0 amide bonds. The summed E-state index contributed by atoms with van der Waals surface area (Å²) in [4.78, 5) is 0. The van der Waals surface area contributed by atoms with Gasteiger partial charge in [0, 0.05) is 0 Å². The van der Waals surface area contributed by atoms with Crippen molar-refractivity contribution in [2.75, 3.05) is 0 Å². The summed E-state index contributed by atoms with van der Waals surface area (Å²) in [5, 5.41) is 8.25. The minimum absolute atomic E-state index is 0. The van der Waals surface area contributed by atoms with Gasteiger partial charge in [0.05, 0.1) is 0 Å². The Balaban J connectivity index is 0.000000275. The predicted molar refractivity (Wildman–Crippen MR) is 169 cm³/mol. The van der Waals surface area contributed by atoms with Crippen LogP contribution in [0.1, 0.15) is 25.0 Å². The molecule has 0 aliphatic carbocycles. The van der Waals surface area contributed by atoms with Gasteiger partial charge in [0.25, 0.3) is 0 Å². The topological polar surface area (TPSA) is 0 Å². The molecule has 0 heterocycles. The van der Waals surface area contributed by atoms with Gasteiger partial charge in [0.1, 0.15) is 9.52 Å². The van der Waals surface area contributed by atoms with Crippen molar-refractivity contribution in [2.45, 2.75) is 26.7 Å². The van der Waals surface area contributed by atoms with E-state index in [1.807, 2.05) is 0 Å². The first kappa shape index (κ1) is 33.2. The van der Waals surface area contributed by atoms with Crippen LogP contribution in [0.3, 0.4) is 0 Å². The smallest absolute Gasteiger partial charge is 0.358 e. The SMILES string of the molecule is CCc1cc2ccccc2[cH-]1.CCc1cc2ccccc2[cH-]1.[CH3-].[CH3-].[Zr+4].c1ccc([Si]c2ccccc2)cc1. The minimum atomic E-state index is 0. The van der Waals surface area contributed by atoms with Crippen LogP contribution in [0.15, 0.2) is 133 Å². The molecule has 2 heteroatoms. The van der Waals surface area contributed by atoms with Crippen molar-refractivity contribution in [3.05, 3.63) is 159 Å². The van der Waals surface area contributed by atoms with E-state index in [9.17, 15) is 0 Å². The molecule has 2 radical (unpaired) electrons. The summed E-state index contributed by atoms with van der Waals surface area (Å²) in [6.07, 6.45) is 2.27. The Morgan fingerprint density at radius 1 is 0.500 bits per heavy atom. The number of fused-ring (bicyclic) bond motifs is 2. The van der Waals surface area contributed by atoms with Crippen molar-refractivity contribution in [1.82, 2.24) is 0 Å². The fraction of sp³-hybridized carbons (Fsp3) is 0.111. The monoisotopic (exact) mass is 588 g/mol. The zero-order chi connectivity index (χ0) is 24.3. The summed E-state index contributed by atoms with van der Waals surface area (Å²) < 4.78 is 0. The number of hydrogen-bond donors (Lipinski definition) is 0. The van der Waals surface area contributed by atoms with Crippen LogP contribution < -0.4 is 10.4 Å². The molecule has 0 fully saturated rings. The molecule has 0 nitrogen and oxygen atoms in total. The van der Waals surface area contributed by atoms with Gasteiger partial charge in [0.2, 0.25) is 0 Å². The van der Waals surface area contributed by atoms with Crippen LogP contribution >= 0.6 is 0 Å². The number of aryl methyl sites for hydroxylation is 2. The molecule has 0 saturated heterocycles. The van der Waals surface area contributed by atoms with E-state index < -0.39 is 0 Å². The Morgan fingerprint density at radius 2 is 0.842 bits per heavy atom. The Bertz CT molecular complexity index is 1250. The molecule has 6 rings (SSSR count). The molecule has 6 aromatic carbocycles. The summed E-state index contributed by atoms with van der Waals surface area (Å²) in [6.45, 7) is 4.38. The normalized spacial score (nSPS) is 9.53. The molecule has 0 spiro atoms. The van der Waals surface area contributed by atoms with Gasteiger partial charge in [-0.2, -0.15) is 12.1 Å². The van der Waals surface area contributed by atoms with Crippen molar-refractivity contribution in [3.8, 4) is 0 Å². The van der Waals surface area contributed by atoms with Crippen LogP contribution in [0.25, 0.3) is 21.5 Å². The fourth-order valence-electron chi connectivity index (χ4n) is 4.05. The Morgan fingerprint density at radius 3 is 1.18 bits per heavy atom. The summed E-state index contributed by atoms with van der Waals surface area (Å²) in [5.74, 6) is 0. The molecule has 0 atom stereocenters. The van der Waals surface area contributed by atoms with Crippen LogP contribution in [-0.4, -0.2) is 9.52 Å². The minimum Gasteiger partial charge on any atom is -0.358 e. The molecule has 190 valence electrons. The van der Waals surface area contributed by atoms with E-state index in [4.69, 9.17) is 0 Å². The predicted octanol–water partition coefficient (Wildman–Crippen LogP) is 8.48. The first-order valence-electron chi connectivity index (χ1n) is 12.4. The van der Waals surface area contributed by atoms with Crippen LogP contribution in [0.5, 0.6) is 0 Å². The molecule has 0 aromatic heterocycles. The first-order valence-corrected chi connectivity index (χ1v) is 13.4. The molecule has 0 unspecified atom stereocenters. The number of rotatable bonds is 4. The molecule has 0 N–H and O–H groups in total. The third kappa shape index (κ3) is 9.82. The molecule has 38 heavy (non-hydrogen) atoms. The van der Waals surface area contributed by atoms with Crippen molar-refractivity contribution < 1.29 is 26.2 Å². The first-order chi connectivity index (χ1) is 17.2. The molecule has 0 bridgehead atoms. The molecule has 0 aliphatic heterocycles. The Kier molecular flexibility index (Phi) is 15.4. The quantitative estimate of drug-likeness (QED) is 0.143. The number of hydrogen-bond acceptors (Lipinski definition) is 0. The van der Waals surface area contributed by atoms with Crippen LogP contribution in [0, 0.1) is 14.9 Å². The standard InChI is InChI=1S/C12H10Si.2C11H11.2CH3.Zr/c1-3-7-11(8-4-1)13-12-9-5-2-6-10-12;2*1-2-9-7-10-5-3-4-6-11(10)8-9;;;/h1-10H;2*3-8H,2H2,1H3;2*1H3;/q;4*-1;+4. The Labute approximate surface area is 252 Å². The van der Waals surface area contributed by atoms with Crippen molar-refractivity contribution >= 4 is 41.4 Å².